The van der Waals surface area contributed by atoms with Crippen LogP contribution < -0.4 is 5.32 Å². The van der Waals surface area contributed by atoms with Crippen molar-refractivity contribution in [1.29, 1.82) is 0 Å². The third-order valence-electron chi connectivity index (χ3n) is 1.96. The van der Waals surface area contributed by atoms with Crippen molar-refractivity contribution in [3.05, 3.63) is 41.2 Å². The van der Waals surface area contributed by atoms with E-state index in [2.05, 4.69) is 32.8 Å². The maximum absolute atomic E-state index is 11.6. The minimum Gasteiger partial charge on any atom is -0.468 e. The standard InChI is InChI=1S/C11H13BrN2O2/c1-3-4-14-10(11(15)16-2)8-5-9(12)7-13-6-8/h3,5-7,10,14H,1,4H2,2H3. The monoisotopic (exact) mass is 284 g/mol. The normalized spacial score (nSPS) is 11.9. The molecule has 0 aliphatic heterocycles. The fourth-order valence-electron chi connectivity index (χ4n) is 1.24. The van der Waals surface area contributed by atoms with E-state index in [-0.39, 0.29) is 5.97 Å². The highest BCUT2D eigenvalue weighted by molar-refractivity contribution is 9.10. The summed E-state index contributed by atoms with van der Waals surface area (Å²) in [5, 5.41) is 3.01. The Morgan fingerprint density at radius 2 is 2.50 bits per heavy atom. The number of nitrogens with zero attached hydrogens (tertiary/aromatic N) is 1. The Kier molecular flexibility index (Phi) is 5.14. The highest BCUT2D eigenvalue weighted by atomic mass is 79.9. The van der Waals surface area contributed by atoms with Crippen molar-refractivity contribution >= 4 is 21.9 Å². The number of aromatic nitrogens is 1. The molecule has 1 aromatic heterocycles. The summed E-state index contributed by atoms with van der Waals surface area (Å²) in [6.45, 7) is 4.11. The molecule has 0 spiro atoms. The van der Waals surface area contributed by atoms with Gasteiger partial charge in [-0.15, -0.1) is 6.58 Å². The van der Waals surface area contributed by atoms with Crippen molar-refractivity contribution in [2.75, 3.05) is 13.7 Å². The van der Waals surface area contributed by atoms with Gasteiger partial charge in [0.15, 0.2) is 0 Å². The van der Waals surface area contributed by atoms with E-state index in [9.17, 15) is 4.79 Å². The number of carbonyl (C=O) groups excluding carboxylic acids is 1. The first-order valence-corrected chi connectivity index (χ1v) is 5.51. The van der Waals surface area contributed by atoms with E-state index in [0.717, 1.165) is 10.0 Å². The number of esters is 1. The second kappa shape index (κ2) is 6.40. The predicted octanol–water partition coefficient (Wildman–Crippen LogP) is 1.83. The van der Waals surface area contributed by atoms with Crippen molar-refractivity contribution < 1.29 is 9.53 Å². The van der Waals surface area contributed by atoms with Crippen LogP contribution in [0.15, 0.2) is 35.6 Å². The van der Waals surface area contributed by atoms with Gasteiger partial charge in [0.05, 0.1) is 7.11 Å². The molecule has 0 saturated heterocycles. The van der Waals surface area contributed by atoms with Gasteiger partial charge in [0.1, 0.15) is 6.04 Å². The maximum Gasteiger partial charge on any atom is 0.327 e. The van der Waals surface area contributed by atoms with E-state index in [4.69, 9.17) is 4.74 Å². The van der Waals surface area contributed by atoms with E-state index in [1.807, 2.05) is 6.07 Å². The minimum absolute atomic E-state index is 0.346. The van der Waals surface area contributed by atoms with Crippen LogP contribution in [0.3, 0.4) is 0 Å². The molecule has 0 radical (unpaired) electrons. The van der Waals surface area contributed by atoms with E-state index >= 15 is 0 Å². The molecule has 1 N–H and O–H groups in total. The molecule has 1 unspecified atom stereocenters. The Morgan fingerprint density at radius 1 is 1.75 bits per heavy atom. The van der Waals surface area contributed by atoms with Gasteiger partial charge in [0, 0.05) is 23.4 Å². The van der Waals surface area contributed by atoms with Crippen LogP contribution >= 0.6 is 15.9 Å². The molecule has 0 aliphatic carbocycles. The molecule has 5 heteroatoms. The molecule has 0 aliphatic rings. The summed E-state index contributed by atoms with van der Waals surface area (Å²) >= 11 is 3.31. The Labute approximate surface area is 103 Å². The summed E-state index contributed by atoms with van der Waals surface area (Å²) in [7, 11) is 1.36. The molecule has 1 rings (SSSR count). The highest BCUT2D eigenvalue weighted by Gasteiger charge is 2.20. The Bertz CT molecular complexity index is 382. The van der Waals surface area contributed by atoms with Gasteiger partial charge in [0.2, 0.25) is 0 Å². The molecule has 4 nitrogen and oxygen atoms in total. The Morgan fingerprint density at radius 3 is 3.06 bits per heavy atom. The van der Waals surface area contributed by atoms with Crippen LogP contribution in [0, 0.1) is 0 Å². The largest absolute Gasteiger partial charge is 0.468 e. The lowest BCUT2D eigenvalue weighted by molar-refractivity contribution is -0.143. The van der Waals surface area contributed by atoms with Crippen molar-refractivity contribution in [2.45, 2.75) is 6.04 Å². The first-order chi connectivity index (χ1) is 7.69. The summed E-state index contributed by atoms with van der Waals surface area (Å²) in [4.78, 5) is 15.6. The van der Waals surface area contributed by atoms with Crippen molar-refractivity contribution in [3.8, 4) is 0 Å². The molecular formula is C11H13BrN2O2. The molecule has 0 saturated carbocycles. The van der Waals surface area contributed by atoms with Gasteiger partial charge >= 0.3 is 5.97 Å². The number of methoxy groups -OCH3 is 1. The lowest BCUT2D eigenvalue weighted by Crippen LogP contribution is -2.29. The molecule has 0 aromatic carbocycles. The average molecular weight is 285 g/mol. The van der Waals surface area contributed by atoms with Gasteiger partial charge < -0.3 is 4.74 Å². The summed E-state index contributed by atoms with van der Waals surface area (Å²) in [6.07, 6.45) is 4.97. The zero-order chi connectivity index (χ0) is 12.0. The number of pyridine rings is 1. The van der Waals surface area contributed by atoms with E-state index in [1.165, 1.54) is 7.11 Å². The summed E-state index contributed by atoms with van der Waals surface area (Å²) in [5.74, 6) is -0.346. The molecule has 1 atom stereocenters. The number of hydrogen-bond acceptors (Lipinski definition) is 4. The van der Waals surface area contributed by atoms with Gasteiger partial charge in [-0.05, 0) is 27.6 Å². The van der Waals surface area contributed by atoms with Crippen LogP contribution in [-0.4, -0.2) is 24.6 Å². The number of ether oxygens (including phenoxy) is 1. The van der Waals surface area contributed by atoms with Crippen LogP contribution in [0.5, 0.6) is 0 Å². The van der Waals surface area contributed by atoms with Crippen LogP contribution in [-0.2, 0) is 9.53 Å². The summed E-state index contributed by atoms with van der Waals surface area (Å²) in [6, 6.07) is 1.30. The van der Waals surface area contributed by atoms with E-state index in [1.54, 1.807) is 18.5 Å². The number of halogens is 1. The molecular weight excluding hydrogens is 272 g/mol. The third-order valence-corrected chi connectivity index (χ3v) is 2.40. The number of nitrogens with one attached hydrogen (secondary N) is 1. The van der Waals surface area contributed by atoms with Gasteiger partial charge in [-0.1, -0.05) is 6.08 Å². The molecule has 16 heavy (non-hydrogen) atoms. The van der Waals surface area contributed by atoms with Gasteiger partial charge in [-0.2, -0.15) is 0 Å². The van der Waals surface area contributed by atoms with Crippen molar-refractivity contribution in [2.24, 2.45) is 0 Å². The zero-order valence-electron chi connectivity index (χ0n) is 8.94. The average Bonchev–Trinajstić information content (AvgIpc) is 2.29. The minimum atomic E-state index is -0.520. The fraction of sp³-hybridized carbons (Fsp3) is 0.273. The molecule has 86 valence electrons. The number of rotatable bonds is 5. The molecule has 1 aromatic rings. The Balaban J connectivity index is 2.91. The molecule has 1 heterocycles. The quantitative estimate of drug-likeness (QED) is 0.662. The van der Waals surface area contributed by atoms with Gasteiger partial charge in [0.25, 0.3) is 0 Å². The summed E-state index contributed by atoms with van der Waals surface area (Å²) < 4.78 is 5.54. The van der Waals surface area contributed by atoms with Gasteiger partial charge in [-0.25, -0.2) is 4.79 Å². The Hall–Kier alpha value is -1.20. The van der Waals surface area contributed by atoms with Crippen molar-refractivity contribution in [3.63, 3.8) is 0 Å². The topological polar surface area (TPSA) is 51.2 Å². The lowest BCUT2D eigenvalue weighted by atomic mass is 10.1. The molecule has 0 bridgehead atoms. The van der Waals surface area contributed by atoms with Crippen molar-refractivity contribution in [1.82, 2.24) is 10.3 Å². The van der Waals surface area contributed by atoms with E-state index in [0.29, 0.717) is 6.54 Å². The van der Waals surface area contributed by atoms with Crippen LogP contribution in [0.2, 0.25) is 0 Å². The van der Waals surface area contributed by atoms with Crippen LogP contribution in [0.1, 0.15) is 11.6 Å². The second-order valence-corrected chi connectivity index (χ2v) is 4.01. The first kappa shape index (κ1) is 12.9. The van der Waals surface area contributed by atoms with Gasteiger partial charge in [-0.3, -0.25) is 10.3 Å². The van der Waals surface area contributed by atoms with Crippen LogP contribution in [0.25, 0.3) is 0 Å². The SMILES string of the molecule is C=CCNC(C(=O)OC)c1cncc(Br)c1. The predicted molar refractivity (Wildman–Crippen MR) is 64.9 cm³/mol. The number of carbonyl (C=O) groups is 1. The maximum atomic E-state index is 11.6. The van der Waals surface area contributed by atoms with E-state index < -0.39 is 6.04 Å². The first-order valence-electron chi connectivity index (χ1n) is 4.71. The third kappa shape index (κ3) is 3.43. The lowest BCUT2D eigenvalue weighted by Gasteiger charge is -2.15. The van der Waals surface area contributed by atoms with Crippen LogP contribution in [0.4, 0.5) is 0 Å². The second-order valence-electron chi connectivity index (χ2n) is 3.09. The molecule has 0 amide bonds. The zero-order valence-corrected chi connectivity index (χ0v) is 10.5. The highest BCUT2D eigenvalue weighted by Crippen LogP contribution is 2.17. The molecule has 0 fully saturated rings. The smallest absolute Gasteiger partial charge is 0.327 e. The number of hydrogen-bond donors (Lipinski definition) is 1. The summed E-state index contributed by atoms with van der Waals surface area (Å²) in [5.41, 5.74) is 0.753. The fourth-order valence-corrected chi connectivity index (χ4v) is 1.63.